The zero-order chi connectivity index (χ0) is 7.28. The first-order chi connectivity index (χ1) is 4.16. The SMILES string of the molecule is CC(/C=C/I)=C\C(=O)O. The van der Waals surface area contributed by atoms with E-state index in [2.05, 4.69) is 0 Å². The van der Waals surface area contributed by atoms with Crippen molar-refractivity contribution in [2.75, 3.05) is 0 Å². The van der Waals surface area contributed by atoms with Crippen LogP contribution in [-0.2, 0) is 4.79 Å². The number of halogens is 1. The first-order valence-corrected chi connectivity index (χ1v) is 3.59. The summed E-state index contributed by atoms with van der Waals surface area (Å²) in [5.41, 5.74) is 0.747. The van der Waals surface area contributed by atoms with Crippen molar-refractivity contribution in [1.82, 2.24) is 0 Å². The monoisotopic (exact) mass is 238 g/mol. The predicted octanol–water partition coefficient (Wildman–Crippen LogP) is 1.97. The van der Waals surface area contributed by atoms with Crippen molar-refractivity contribution in [3.05, 3.63) is 21.8 Å². The van der Waals surface area contributed by atoms with Crippen LogP contribution < -0.4 is 0 Å². The molecule has 0 aromatic heterocycles. The molecule has 50 valence electrons. The molecule has 0 aliphatic carbocycles. The number of allylic oxidation sites excluding steroid dienone is 2. The second-order valence-electron chi connectivity index (χ2n) is 1.52. The maximum atomic E-state index is 9.97. The van der Waals surface area contributed by atoms with Gasteiger partial charge in [0.1, 0.15) is 0 Å². The molecular formula is C6H7IO2. The van der Waals surface area contributed by atoms with Crippen molar-refractivity contribution < 1.29 is 9.90 Å². The molecule has 0 saturated carbocycles. The fourth-order valence-corrected chi connectivity index (χ4v) is 0.909. The van der Waals surface area contributed by atoms with E-state index in [0.717, 1.165) is 11.6 Å². The van der Waals surface area contributed by atoms with Crippen LogP contribution in [0.2, 0.25) is 0 Å². The van der Waals surface area contributed by atoms with Crippen LogP contribution in [0.25, 0.3) is 0 Å². The van der Waals surface area contributed by atoms with Crippen molar-refractivity contribution in [3.63, 3.8) is 0 Å². The Kier molecular flexibility index (Phi) is 4.39. The molecule has 0 rings (SSSR count). The van der Waals surface area contributed by atoms with E-state index >= 15 is 0 Å². The molecule has 0 unspecified atom stereocenters. The Hall–Kier alpha value is -0.320. The Bertz CT molecular complexity index is 158. The van der Waals surface area contributed by atoms with Crippen LogP contribution in [-0.4, -0.2) is 11.1 Å². The summed E-state index contributed by atoms with van der Waals surface area (Å²) in [6.45, 7) is 1.74. The number of hydrogen-bond donors (Lipinski definition) is 1. The van der Waals surface area contributed by atoms with Gasteiger partial charge in [0.25, 0.3) is 0 Å². The van der Waals surface area contributed by atoms with E-state index in [-0.39, 0.29) is 0 Å². The van der Waals surface area contributed by atoms with E-state index < -0.39 is 5.97 Å². The smallest absolute Gasteiger partial charge is 0.328 e. The highest BCUT2D eigenvalue weighted by molar-refractivity contribution is 14.1. The van der Waals surface area contributed by atoms with Gasteiger partial charge in [0.15, 0.2) is 0 Å². The average Bonchev–Trinajstić information content (AvgIpc) is 1.63. The van der Waals surface area contributed by atoms with Crippen LogP contribution in [0.4, 0.5) is 0 Å². The summed E-state index contributed by atoms with van der Waals surface area (Å²) in [6, 6.07) is 0. The molecule has 9 heavy (non-hydrogen) atoms. The van der Waals surface area contributed by atoms with Gasteiger partial charge in [-0.25, -0.2) is 4.79 Å². The Morgan fingerprint density at radius 3 is 2.56 bits per heavy atom. The first-order valence-electron chi connectivity index (χ1n) is 2.35. The highest BCUT2D eigenvalue weighted by Gasteiger charge is 1.87. The van der Waals surface area contributed by atoms with Crippen LogP contribution in [0.15, 0.2) is 21.8 Å². The molecule has 0 atom stereocenters. The lowest BCUT2D eigenvalue weighted by Crippen LogP contribution is -1.87. The summed E-state index contributed by atoms with van der Waals surface area (Å²) in [7, 11) is 0. The molecule has 2 nitrogen and oxygen atoms in total. The zero-order valence-electron chi connectivity index (χ0n) is 4.97. The van der Waals surface area contributed by atoms with Gasteiger partial charge >= 0.3 is 5.97 Å². The number of carboxylic acids is 1. The molecule has 0 amide bonds. The van der Waals surface area contributed by atoms with Crippen LogP contribution in [0, 0.1) is 0 Å². The van der Waals surface area contributed by atoms with E-state index in [1.54, 1.807) is 17.1 Å². The fraction of sp³-hybridized carbons (Fsp3) is 0.167. The molecule has 0 aromatic carbocycles. The number of hydrogen-bond acceptors (Lipinski definition) is 1. The summed E-state index contributed by atoms with van der Waals surface area (Å²) in [4.78, 5) is 9.97. The van der Waals surface area contributed by atoms with Gasteiger partial charge in [-0.2, -0.15) is 0 Å². The number of rotatable bonds is 2. The van der Waals surface area contributed by atoms with Gasteiger partial charge < -0.3 is 5.11 Å². The lowest BCUT2D eigenvalue weighted by atomic mass is 10.3. The third kappa shape index (κ3) is 5.55. The number of carboxylic acid groups (broad SMARTS) is 1. The Morgan fingerprint density at radius 2 is 2.22 bits per heavy atom. The number of carbonyl (C=O) groups is 1. The van der Waals surface area contributed by atoms with Gasteiger partial charge in [0.05, 0.1) is 0 Å². The largest absolute Gasteiger partial charge is 0.478 e. The molecular weight excluding hydrogens is 231 g/mol. The van der Waals surface area contributed by atoms with Crippen molar-refractivity contribution in [2.45, 2.75) is 6.92 Å². The molecule has 0 aromatic rings. The average molecular weight is 238 g/mol. The van der Waals surface area contributed by atoms with E-state index in [1.807, 2.05) is 22.6 Å². The first kappa shape index (κ1) is 8.68. The maximum absolute atomic E-state index is 9.97. The van der Waals surface area contributed by atoms with E-state index in [4.69, 9.17) is 5.11 Å². The van der Waals surface area contributed by atoms with Crippen LogP contribution in [0.1, 0.15) is 6.92 Å². The van der Waals surface area contributed by atoms with Gasteiger partial charge in [0.2, 0.25) is 0 Å². The van der Waals surface area contributed by atoms with Gasteiger partial charge in [-0.1, -0.05) is 28.7 Å². The van der Waals surface area contributed by atoms with E-state index in [1.165, 1.54) is 0 Å². The van der Waals surface area contributed by atoms with Crippen LogP contribution in [0.5, 0.6) is 0 Å². The second-order valence-corrected chi connectivity index (χ2v) is 2.24. The van der Waals surface area contributed by atoms with E-state index in [9.17, 15) is 4.79 Å². The third-order valence-corrected chi connectivity index (χ3v) is 1.04. The highest BCUT2D eigenvalue weighted by atomic mass is 127. The van der Waals surface area contributed by atoms with Crippen LogP contribution in [0.3, 0.4) is 0 Å². The Labute approximate surface area is 67.4 Å². The van der Waals surface area contributed by atoms with Crippen LogP contribution >= 0.6 is 22.6 Å². The molecule has 0 heterocycles. The molecule has 0 radical (unpaired) electrons. The summed E-state index contributed by atoms with van der Waals surface area (Å²) in [6.07, 6.45) is 2.89. The predicted molar refractivity (Wildman–Crippen MR) is 44.6 cm³/mol. The quantitative estimate of drug-likeness (QED) is 0.453. The van der Waals surface area contributed by atoms with Crippen molar-refractivity contribution >= 4 is 28.6 Å². The molecule has 0 bridgehead atoms. The van der Waals surface area contributed by atoms with Crippen molar-refractivity contribution in [2.24, 2.45) is 0 Å². The maximum Gasteiger partial charge on any atom is 0.328 e. The summed E-state index contributed by atoms with van der Waals surface area (Å²) < 4.78 is 1.77. The molecule has 1 N–H and O–H groups in total. The van der Waals surface area contributed by atoms with E-state index in [0.29, 0.717) is 0 Å². The molecule has 0 saturated heterocycles. The highest BCUT2D eigenvalue weighted by Crippen LogP contribution is 1.96. The summed E-state index contributed by atoms with van der Waals surface area (Å²) >= 11 is 2.04. The van der Waals surface area contributed by atoms with Gasteiger partial charge in [0, 0.05) is 6.08 Å². The molecule has 0 fully saturated rings. The fourth-order valence-electron chi connectivity index (χ4n) is 0.342. The molecule has 0 spiro atoms. The van der Waals surface area contributed by atoms with Gasteiger partial charge in [-0.3, -0.25) is 0 Å². The molecule has 3 heteroatoms. The Balaban J connectivity index is 4.00. The normalized spacial score (nSPS) is 12.4. The van der Waals surface area contributed by atoms with Gasteiger partial charge in [-0.05, 0) is 16.6 Å². The topological polar surface area (TPSA) is 37.3 Å². The lowest BCUT2D eigenvalue weighted by molar-refractivity contribution is -0.131. The van der Waals surface area contributed by atoms with Gasteiger partial charge in [-0.15, -0.1) is 0 Å². The van der Waals surface area contributed by atoms with Crippen molar-refractivity contribution in [1.29, 1.82) is 0 Å². The summed E-state index contributed by atoms with van der Waals surface area (Å²) in [5, 5.41) is 8.20. The minimum atomic E-state index is -0.901. The number of aliphatic carboxylic acids is 1. The minimum absolute atomic E-state index is 0.747. The molecule has 0 aliphatic rings. The standard InChI is InChI=1S/C6H7IO2/c1-5(2-3-7)4-6(8)9/h2-4H,1H3,(H,8,9)/b3-2+,5-4+. The minimum Gasteiger partial charge on any atom is -0.478 e. The Morgan fingerprint density at radius 1 is 1.67 bits per heavy atom. The lowest BCUT2D eigenvalue weighted by Gasteiger charge is -1.84. The zero-order valence-corrected chi connectivity index (χ0v) is 7.12. The second kappa shape index (κ2) is 4.55. The molecule has 0 aliphatic heterocycles. The van der Waals surface area contributed by atoms with Crippen molar-refractivity contribution in [3.8, 4) is 0 Å². The third-order valence-electron chi connectivity index (χ3n) is 0.677. The summed E-state index contributed by atoms with van der Waals surface area (Å²) in [5.74, 6) is -0.901.